The zero-order chi connectivity index (χ0) is 19.4. The average Bonchev–Trinajstić information content (AvgIpc) is 2.66. The lowest BCUT2D eigenvalue weighted by Gasteiger charge is -2.11. The van der Waals surface area contributed by atoms with E-state index in [1.165, 1.54) is 18.2 Å². The second-order valence-electron chi connectivity index (χ2n) is 5.70. The van der Waals surface area contributed by atoms with Gasteiger partial charge in [-0.2, -0.15) is 0 Å². The number of sulfone groups is 1. The first-order valence-corrected chi connectivity index (χ1v) is 11.3. The third-order valence-electron chi connectivity index (χ3n) is 3.70. The van der Waals surface area contributed by atoms with E-state index >= 15 is 0 Å². The number of carbonyl (C=O) groups excluding carboxylic acids is 1. The number of aromatic nitrogens is 1. The van der Waals surface area contributed by atoms with Gasteiger partial charge in [-0.05, 0) is 66.5 Å². The van der Waals surface area contributed by atoms with E-state index in [1.807, 2.05) is 12.1 Å². The number of hydrogen-bond acceptors (Lipinski definition) is 6. The molecule has 5 nitrogen and oxygen atoms in total. The number of anilines is 1. The van der Waals surface area contributed by atoms with Crippen LogP contribution in [0.2, 0.25) is 0 Å². The average molecular weight is 463 g/mol. The maximum atomic E-state index is 12.8. The molecule has 1 aromatic heterocycles. The highest BCUT2D eigenvalue weighted by Crippen LogP contribution is 2.28. The van der Waals surface area contributed by atoms with E-state index in [-0.39, 0.29) is 10.7 Å². The molecule has 0 fully saturated rings. The summed E-state index contributed by atoms with van der Waals surface area (Å²) in [6.45, 7) is 0. The van der Waals surface area contributed by atoms with E-state index in [1.54, 1.807) is 54.9 Å². The third kappa shape index (κ3) is 4.97. The van der Waals surface area contributed by atoms with Crippen LogP contribution in [0.5, 0.6) is 0 Å². The molecule has 0 unspecified atom stereocenters. The van der Waals surface area contributed by atoms with Gasteiger partial charge in [-0.25, -0.2) is 8.42 Å². The quantitative estimate of drug-likeness (QED) is 0.426. The summed E-state index contributed by atoms with van der Waals surface area (Å²) < 4.78 is 27.1. The maximum absolute atomic E-state index is 12.8. The summed E-state index contributed by atoms with van der Waals surface area (Å²) in [7, 11) is -3.22. The van der Waals surface area contributed by atoms with Crippen LogP contribution in [0.25, 0.3) is 0 Å². The second-order valence-corrected chi connectivity index (χ2v) is 9.51. The van der Waals surface area contributed by atoms with Crippen LogP contribution in [0.4, 0.5) is 5.69 Å². The van der Waals surface area contributed by atoms with E-state index in [0.717, 1.165) is 9.37 Å². The van der Waals surface area contributed by atoms with Gasteiger partial charge in [0.2, 0.25) is 0 Å². The Bertz CT molecular complexity index is 1070. The largest absolute Gasteiger partial charge is 0.325 e. The molecule has 3 rings (SSSR count). The van der Waals surface area contributed by atoms with Crippen molar-refractivity contribution in [3.63, 3.8) is 0 Å². The van der Waals surface area contributed by atoms with Gasteiger partial charge in [-0.15, -0.1) is 0 Å². The molecule has 1 heterocycles. The molecule has 0 aliphatic rings. The van der Waals surface area contributed by atoms with Gasteiger partial charge in [0, 0.05) is 39.1 Å². The molecule has 1 N–H and O–H groups in total. The molecular formula is C19H15BrN2O3S2. The number of rotatable bonds is 6. The Morgan fingerprint density at radius 1 is 1.04 bits per heavy atom. The van der Waals surface area contributed by atoms with Gasteiger partial charge in [0.25, 0.3) is 0 Å². The van der Waals surface area contributed by atoms with Crippen LogP contribution in [-0.2, 0) is 9.84 Å². The van der Waals surface area contributed by atoms with Gasteiger partial charge < -0.3 is 4.72 Å². The summed E-state index contributed by atoms with van der Waals surface area (Å²) in [5.74, 6) is -0.116. The Kier molecular flexibility index (Phi) is 5.98. The van der Waals surface area contributed by atoms with Crippen molar-refractivity contribution in [3.05, 3.63) is 82.6 Å². The number of hydrogen-bond donors (Lipinski definition) is 1. The molecule has 0 amide bonds. The zero-order valence-corrected chi connectivity index (χ0v) is 17.4. The Morgan fingerprint density at radius 3 is 2.33 bits per heavy atom. The van der Waals surface area contributed by atoms with Gasteiger partial charge in [0.15, 0.2) is 15.6 Å². The van der Waals surface area contributed by atoms with Crippen molar-refractivity contribution >= 4 is 49.2 Å². The van der Waals surface area contributed by atoms with Gasteiger partial charge >= 0.3 is 0 Å². The molecule has 0 atom stereocenters. The lowest BCUT2D eigenvalue weighted by atomic mass is 10.0. The Balaban J connectivity index is 1.82. The fourth-order valence-corrected chi connectivity index (χ4v) is 3.99. The summed E-state index contributed by atoms with van der Waals surface area (Å²) in [5, 5.41) is 0. The molecule has 2 aromatic carbocycles. The van der Waals surface area contributed by atoms with Gasteiger partial charge in [-0.3, -0.25) is 9.78 Å². The smallest absolute Gasteiger partial charge is 0.195 e. The molecule has 0 spiro atoms. The lowest BCUT2D eigenvalue weighted by Crippen LogP contribution is -2.05. The Labute approximate surface area is 170 Å². The fraction of sp³-hybridized carbons (Fsp3) is 0.0526. The van der Waals surface area contributed by atoms with Crippen LogP contribution < -0.4 is 4.72 Å². The minimum Gasteiger partial charge on any atom is -0.325 e. The first-order valence-electron chi connectivity index (χ1n) is 7.82. The summed E-state index contributed by atoms with van der Waals surface area (Å²) in [6, 6.07) is 15.3. The van der Waals surface area contributed by atoms with Crippen LogP contribution in [0.15, 0.2) is 81.3 Å². The number of nitrogens with one attached hydrogen (secondary N) is 1. The number of pyridine rings is 1. The first-order chi connectivity index (χ1) is 12.8. The molecule has 138 valence electrons. The molecule has 0 bridgehead atoms. The molecule has 0 saturated carbocycles. The maximum Gasteiger partial charge on any atom is 0.195 e. The van der Waals surface area contributed by atoms with E-state index in [0.29, 0.717) is 16.8 Å². The van der Waals surface area contributed by atoms with E-state index < -0.39 is 9.84 Å². The van der Waals surface area contributed by atoms with Crippen molar-refractivity contribution in [2.24, 2.45) is 0 Å². The number of ketones is 1. The van der Waals surface area contributed by atoms with Crippen LogP contribution in [-0.4, -0.2) is 25.4 Å². The summed E-state index contributed by atoms with van der Waals surface area (Å²) in [5.41, 5.74) is 1.74. The number of halogens is 1. The highest BCUT2D eigenvalue weighted by atomic mass is 79.9. The zero-order valence-electron chi connectivity index (χ0n) is 14.2. The molecule has 0 aliphatic carbocycles. The molecule has 0 aliphatic heterocycles. The van der Waals surface area contributed by atoms with E-state index in [4.69, 9.17) is 0 Å². The summed E-state index contributed by atoms with van der Waals surface area (Å²) in [6.07, 6.45) is 4.33. The topological polar surface area (TPSA) is 76.1 Å². The number of carbonyl (C=O) groups is 1. The lowest BCUT2D eigenvalue weighted by molar-refractivity contribution is 0.103. The highest BCUT2D eigenvalue weighted by molar-refractivity contribution is 9.10. The van der Waals surface area contributed by atoms with E-state index in [9.17, 15) is 13.2 Å². The van der Waals surface area contributed by atoms with Crippen LogP contribution in [0.3, 0.4) is 0 Å². The molecular weight excluding hydrogens is 448 g/mol. The standard InChI is InChI=1S/C19H15BrN2O3S2/c1-27(24,25)16-5-3-15(4-6-16)26-22-18-7-2-14(20)12-17(18)19(23)13-8-10-21-11-9-13/h2-12,22H,1H3. The van der Waals surface area contributed by atoms with Crippen molar-refractivity contribution in [1.29, 1.82) is 0 Å². The summed E-state index contributed by atoms with van der Waals surface area (Å²) >= 11 is 4.70. The summed E-state index contributed by atoms with van der Waals surface area (Å²) in [4.78, 5) is 17.9. The Hall–Kier alpha value is -2.16. The SMILES string of the molecule is CS(=O)(=O)c1ccc(SNc2ccc(Br)cc2C(=O)c2ccncc2)cc1. The highest BCUT2D eigenvalue weighted by Gasteiger charge is 2.15. The van der Waals surface area contributed by atoms with Gasteiger partial charge in [0.05, 0.1) is 10.6 Å². The minimum atomic E-state index is -3.22. The monoisotopic (exact) mass is 462 g/mol. The molecule has 8 heteroatoms. The molecule has 0 radical (unpaired) electrons. The van der Waals surface area contributed by atoms with Crippen molar-refractivity contribution in [2.75, 3.05) is 11.0 Å². The molecule has 27 heavy (non-hydrogen) atoms. The van der Waals surface area contributed by atoms with Crippen molar-refractivity contribution < 1.29 is 13.2 Å². The Morgan fingerprint density at radius 2 is 1.70 bits per heavy atom. The van der Waals surface area contributed by atoms with Gasteiger partial charge in [0.1, 0.15) is 0 Å². The second kappa shape index (κ2) is 8.24. The predicted octanol–water partition coefficient (Wildman–Crippen LogP) is 4.60. The van der Waals surface area contributed by atoms with Crippen LogP contribution in [0, 0.1) is 0 Å². The molecule has 0 saturated heterocycles. The van der Waals surface area contributed by atoms with Crippen LogP contribution >= 0.6 is 27.9 Å². The number of nitrogens with zero attached hydrogens (tertiary/aromatic N) is 1. The minimum absolute atomic E-state index is 0.116. The van der Waals surface area contributed by atoms with E-state index in [2.05, 4.69) is 25.6 Å². The third-order valence-corrected chi connectivity index (χ3v) is 6.15. The normalized spacial score (nSPS) is 11.2. The predicted molar refractivity (Wildman–Crippen MR) is 111 cm³/mol. The number of benzene rings is 2. The fourth-order valence-electron chi connectivity index (χ4n) is 2.32. The first kappa shape index (κ1) is 19.6. The molecule has 3 aromatic rings. The van der Waals surface area contributed by atoms with Crippen molar-refractivity contribution in [2.45, 2.75) is 9.79 Å². The van der Waals surface area contributed by atoms with Crippen molar-refractivity contribution in [1.82, 2.24) is 4.98 Å². The van der Waals surface area contributed by atoms with Crippen molar-refractivity contribution in [3.8, 4) is 0 Å². The van der Waals surface area contributed by atoms with Gasteiger partial charge in [-0.1, -0.05) is 15.9 Å². The van der Waals surface area contributed by atoms with Crippen LogP contribution in [0.1, 0.15) is 15.9 Å².